The Balaban J connectivity index is 2.20. The van der Waals surface area contributed by atoms with Crippen LogP contribution in [0.3, 0.4) is 0 Å². The van der Waals surface area contributed by atoms with E-state index >= 15 is 0 Å². The highest BCUT2D eigenvalue weighted by molar-refractivity contribution is 5.74. The second kappa shape index (κ2) is 4.73. The standard InChI is InChI=1S/C11H12N4O2/c1-8(2)11(16)17-10-5-3-4-9(6-10)15-7-12-13-14-15/h3-8H,1-2H3. The molecule has 0 unspecified atom stereocenters. The number of rotatable bonds is 3. The Hall–Kier alpha value is -2.24. The summed E-state index contributed by atoms with van der Waals surface area (Å²) in [7, 11) is 0. The molecular formula is C11H12N4O2. The maximum atomic E-state index is 11.4. The summed E-state index contributed by atoms with van der Waals surface area (Å²) in [6, 6.07) is 7.02. The van der Waals surface area contributed by atoms with Crippen LogP contribution in [0.25, 0.3) is 5.69 Å². The van der Waals surface area contributed by atoms with Gasteiger partial charge in [0.1, 0.15) is 12.1 Å². The molecular weight excluding hydrogens is 220 g/mol. The Labute approximate surface area is 98.2 Å². The normalized spacial score (nSPS) is 10.5. The highest BCUT2D eigenvalue weighted by atomic mass is 16.5. The second-order valence-electron chi connectivity index (χ2n) is 3.83. The molecule has 0 radical (unpaired) electrons. The zero-order valence-corrected chi connectivity index (χ0v) is 9.57. The predicted octanol–water partition coefficient (Wildman–Crippen LogP) is 1.22. The number of carbonyl (C=O) groups excluding carboxylic acids is 1. The molecule has 88 valence electrons. The molecule has 1 aromatic heterocycles. The molecule has 2 aromatic rings. The van der Waals surface area contributed by atoms with Crippen molar-refractivity contribution in [2.45, 2.75) is 13.8 Å². The van der Waals surface area contributed by atoms with E-state index in [-0.39, 0.29) is 11.9 Å². The largest absolute Gasteiger partial charge is 0.426 e. The molecule has 0 N–H and O–H groups in total. The number of ether oxygens (including phenoxy) is 1. The lowest BCUT2D eigenvalue weighted by atomic mass is 10.2. The number of aromatic nitrogens is 4. The van der Waals surface area contributed by atoms with Crippen molar-refractivity contribution >= 4 is 5.97 Å². The topological polar surface area (TPSA) is 69.9 Å². The van der Waals surface area contributed by atoms with Crippen molar-refractivity contribution in [1.82, 2.24) is 20.2 Å². The van der Waals surface area contributed by atoms with E-state index in [1.807, 2.05) is 6.07 Å². The van der Waals surface area contributed by atoms with Crippen molar-refractivity contribution in [1.29, 1.82) is 0 Å². The highest BCUT2D eigenvalue weighted by Crippen LogP contribution is 2.16. The minimum absolute atomic E-state index is 0.160. The van der Waals surface area contributed by atoms with Gasteiger partial charge in [0.2, 0.25) is 0 Å². The molecule has 0 aliphatic carbocycles. The zero-order valence-electron chi connectivity index (χ0n) is 9.57. The summed E-state index contributed by atoms with van der Waals surface area (Å²) in [5.41, 5.74) is 0.740. The fourth-order valence-electron chi connectivity index (χ4n) is 1.20. The summed E-state index contributed by atoms with van der Waals surface area (Å²) in [5.74, 6) is 0.0576. The lowest BCUT2D eigenvalue weighted by molar-refractivity contribution is -0.137. The average Bonchev–Trinajstić information content (AvgIpc) is 2.82. The number of hydrogen-bond donors (Lipinski definition) is 0. The maximum absolute atomic E-state index is 11.4. The van der Waals surface area contributed by atoms with E-state index < -0.39 is 0 Å². The van der Waals surface area contributed by atoms with Crippen molar-refractivity contribution in [3.8, 4) is 11.4 Å². The van der Waals surface area contributed by atoms with Crippen LogP contribution in [0.4, 0.5) is 0 Å². The predicted molar refractivity (Wildman–Crippen MR) is 59.6 cm³/mol. The van der Waals surface area contributed by atoms with Gasteiger partial charge in [0.15, 0.2) is 0 Å². The van der Waals surface area contributed by atoms with Gasteiger partial charge in [-0.1, -0.05) is 19.9 Å². The number of nitrogens with zero attached hydrogens (tertiary/aromatic N) is 4. The summed E-state index contributed by atoms with van der Waals surface area (Å²) in [4.78, 5) is 11.4. The monoisotopic (exact) mass is 232 g/mol. The van der Waals surface area contributed by atoms with Crippen LogP contribution in [0.2, 0.25) is 0 Å². The third-order valence-corrected chi connectivity index (χ3v) is 2.12. The Morgan fingerprint density at radius 3 is 2.88 bits per heavy atom. The van der Waals surface area contributed by atoms with Crippen LogP contribution in [-0.2, 0) is 4.79 Å². The molecule has 6 heteroatoms. The van der Waals surface area contributed by atoms with Crippen LogP contribution in [0, 0.1) is 5.92 Å². The Bertz CT molecular complexity index is 508. The van der Waals surface area contributed by atoms with E-state index in [0.717, 1.165) is 5.69 Å². The first-order valence-electron chi connectivity index (χ1n) is 5.22. The first-order chi connectivity index (χ1) is 8.16. The molecule has 0 aliphatic heterocycles. The van der Waals surface area contributed by atoms with Crippen molar-refractivity contribution in [3.63, 3.8) is 0 Å². The van der Waals surface area contributed by atoms with Gasteiger partial charge < -0.3 is 4.74 Å². The van der Waals surface area contributed by atoms with Crippen LogP contribution < -0.4 is 4.74 Å². The van der Waals surface area contributed by atoms with Gasteiger partial charge in [-0.3, -0.25) is 4.79 Å². The second-order valence-corrected chi connectivity index (χ2v) is 3.83. The fourth-order valence-corrected chi connectivity index (χ4v) is 1.20. The minimum atomic E-state index is -0.265. The van der Waals surface area contributed by atoms with Gasteiger partial charge in [-0.25, -0.2) is 4.68 Å². The first kappa shape index (κ1) is 11.3. The van der Waals surface area contributed by atoms with E-state index in [9.17, 15) is 4.79 Å². The van der Waals surface area contributed by atoms with Crippen molar-refractivity contribution in [2.75, 3.05) is 0 Å². The minimum Gasteiger partial charge on any atom is -0.426 e. The van der Waals surface area contributed by atoms with E-state index in [4.69, 9.17) is 4.74 Å². The first-order valence-corrected chi connectivity index (χ1v) is 5.22. The van der Waals surface area contributed by atoms with E-state index in [1.54, 1.807) is 32.0 Å². The molecule has 6 nitrogen and oxygen atoms in total. The molecule has 0 amide bonds. The van der Waals surface area contributed by atoms with Crippen molar-refractivity contribution < 1.29 is 9.53 Å². The number of tetrazole rings is 1. The molecule has 1 heterocycles. The molecule has 0 atom stereocenters. The summed E-state index contributed by atoms with van der Waals surface area (Å²) < 4.78 is 6.69. The summed E-state index contributed by atoms with van der Waals surface area (Å²) in [6.45, 7) is 3.57. The van der Waals surface area contributed by atoms with E-state index in [2.05, 4.69) is 15.5 Å². The third kappa shape index (κ3) is 2.66. The molecule has 2 rings (SSSR count). The molecule has 1 aromatic carbocycles. The van der Waals surface area contributed by atoms with Crippen LogP contribution >= 0.6 is 0 Å². The van der Waals surface area contributed by atoms with Crippen LogP contribution in [0.1, 0.15) is 13.8 Å². The molecule has 0 saturated heterocycles. The number of benzene rings is 1. The van der Waals surface area contributed by atoms with Crippen LogP contribution in [0.15, 0.2) is 30.6 Å². The van der Waals surface area contributed by atoms with Gasteiger partial charge >= 0.3 is 5.97 Å². The van der Waals surface area contributed by atoms with Gasteiger partial charge in [-0.15, -0.1) is 5.10 Å². The summed E-state index contributed by atoms with van der Waals surface area (Å²) >= 11 is 0. The van der Waals surface area contributed by atoms with Gasteiger partial charge in [0.05, 0.1) is 11.6 Å². The van der Waals surface area contributed by atoms with Crippen LogP contribution in [-0.4, -0.2) is 26.2 Å². The molecule has 17 heavy (non-hydrogen) atoms. The smallest absolute Gasteiger partial charge is 0.313 e. The highest BCUT2D eigenvalue weighted by Gasteiger charge is 2.10. The lowest BCUT2D eigenvalue weighted by Crippen LogP contribution is -2.14. The lowest BCUT2D eigenvalue weighted by Gasteiger charge is -2.07. The zero-order chi connectivity index (χ0) is 12.3. The average molecular weight is 232 g/mol. The number of carbonyl (C=O) groups is 1. The van der Waals surface area contributed by atoms with Gasteiger partial charge in [-0.05, 0) is 22.6 Å². The third-order valence-electron chi connectivity index (χ3n) is 2.12. The van der Waals surface area contributed by atoms with Crippen LogP contribution in [0.5, 0.6) is 5.75 Å². The Morgan fingerprint density at radius 2 is 2.24 bits per heavy atom. The Morgan fingerprint density at radius 1 is 1.41 bits per heavy atom. The SMILES string of the molecule is CC(C)C(=O)Oc1cccc(-n2cnnn2)c1. The van der Waals surface area contributed by atoms with Gasteiger partial charge in [-0.2, -0.15) is 0 Å². The van der Waals surface area contributed by atoms with Crippen molar-refractivity contribution in [3.05, 3.63) is 30.6 Å². The van der Waals surface area contributed by atoms with Gasteiger partial charge in [0, 0.05) is 6.07 Å². The maximum Gasteiger partial charge on any atom is 0.313 e. The summed E-state index contributed by atoms with van der Waals surface area (Å²) in [6.07, 6.45) is 1.48. The molecule has 0 saturated carbocycles. The van der Waals surface area contributed by atoms with E-state index in [1.165, 1.54) is 11.0 Å². The van der Waals surface area contributed by atoms with E-state index in [0.29, 0.717) is 5.75 Å². The van der Waals surface area contributed by atoms with Gasteiger partial charge in [0.25, 0.3) is 0 Å². The number of esters is 1. The number of hydrogen-bond acceptors (Lipinski definition) is 5. The molecule has 0 spiro atoms. The molecule has 0 fully saturated rings. The van der Waals surface area contributed by atoms with Crippen molar-refractivity contribution in [2.24, 2.45) is 5.92 Å². The molecule has 0 aliphatic rings. The Kier molecular flexibility index (Phi) is 3.13. The molecule has 0 bridgehead atoms. The summed E-state index contributed by atoms with van der Waals surface area (Å²) in [5, 5.41) is 10.8. The fraction of sp³-hybridized carbons (Fsp3) is 0.273. The quantitative estimate of drug-likeness (QED) is 0.588.